The number of aromatic nitrogens is 2. The number of allylic oxidation sites excluding steroid dienone is 2. The molecule has 0 N–H and O–H groups in total. The molecule has 1 aromatic heterocycles. The van der Waals surface area contributed by atoms with Crippen molar-refractivity contribution in [3.8, 4) is 5.69 Å². The van der Waals surface area contributed by atoms with Crippen LogP contribution in [0.3, 0.4) is 0 Å². The zero-order valence-electron chi connectivity index (χ0n) is 15.3. The monoisotopic (exact) mass is 347 g/mol. The summed E-state index contributed by atoms with van der Waals surface area (Å²) in [6, 6.07) is 8.64. The fourth-order valence-electron chi connectivity index (χ4n) is 4.27. The van der Waals surface area contributed by atoms with Gasteiger partial charge in [-0.1, -0.05) is 35.9 Å². The molecule has 2 atom stereocenters. The van der Waals surface area contributed by atoms with Crippen LogP contribution in [0.2, 0.25) is 0 Å². The summed E-state index contributed by atoms with van der Waals surface area (Å²) in [7, 11) is 0. The minimum Gasteiger partial charge on any atom is -0.371 e. The van der Waals surface area contributed by atoms with Gasteiger partial charge in [0.25, 0.3) is 0 Å². The van der Waals surface area contributed by atoms with E-state index in [0.29, 0.717) is 12.2 Å². The topological polar surface area (TPSA) is 30.3 Å². The SMILES string of the molecule is Cc1ccc(-n2nc(N3CC4CCC(C3)O4)c3/c2=C\CC\C=C\C=3)cc1. The van der Waals surface area contributed by atoms with Crippen LogP contribution in [-0.4, -0.2) is 35.1 Å². The molecule has 0 saturated carbocycles. The molecule has 2 saturated heterocycles. The second-order valence-electron chi connectivity index (χ2n) is 7.61. The van der Waals surface area contributed by atoms with Crippen molar-refractivity contribution in [2.24, 2.45) is 0 Å². The maximum absolute atomic E-state index is 6.03. The van der Waals surface area contributed by atoms with Gasteiger partial charge in [-0.2, -0.15) is 0 Å². The van der Waals surface area contributed by atoms with Gasteiger partial charge in [0.15, 0.2) is 5.82 Å². The lowest BCUT2D eigenvalue weighted by Gasteiger charge is -2.32. The Morgan fingerprint density at radius 2 is 1.81 bits per heavy atom. The Labute approximate surface area is 154 Å². The van der Waals surface area contributed by atoms with E-state index in [1.54, 1.807) is 0 Å². The van der Waals surface area contributed by atoms with Crippen molar-refractivity contribution in [1.29, 1.82) is 0 Å². The maximum atomic E-state index is 6.03. The smallest absolute Gasteiger partial charge is 0.159 e. The Bertz CT molecular complexity index is 943. The van der Waals surface area contributed by atoms with Gasteiger partial charge in [-0.05, 0) is 50.8 Å². The minimum absolute atomic E-state index is 0.363. The summed E-state index contributed by atoms with van der Waals surface area (Å²) < 4.78 is 8.16. The van der Waals surface area contributed by atoms with Crippen molar-refractivity contribution >= 4 is 18.0 Å². The van der Waals surface area contributed by atoms with E-state index in [1.165, 1.54) is 29.0 Å². The summed E-state index contributed by atoms with van der Waals surface area (Å²) in [4.78, 5) is 2.44. The van der Waals surface area contributed by atoms with E-state index < -0.39 is 0 Å². The first kappa shape index (κ1) is 15.9. The summed E-state index contributed by atoms with van der Waals surface area (Å²) in [6.45, 7) is 4.02. The number of nitrogens with zero attached hydrogens (tertiary/aromatic N) is 3. The van der Waals surface area contributed by atoms with Crippen molar-refractivity contribution < 1.29 is 4.74 Å². The molecule has 0 amide bonds. The summed E-state index contributed by atoms with van der Waals surface area (Å²) in [5.41, 5.74) is 2.40. The molecule has 2 unspecified atom stereocenters. The lowest BCUT2D eigenvalue weighted by Crippen LogP contribution is -2.45. The van der Waals surface area contributed by atoms with Crippen molar-refractivity contribution in [2.75, 3.05) is 18.0 Å². The molecular weight excluding hydrogens is 322 g/mol. The molecule has 1 aliphatic carbocycles. The molecule has 2 fully saturated rings. The van der Waals surface area contributed by atoms with Crippen LogP contribution in [0, 0.1) is 6.92 Å². The summed E-state index contributed by atoms with van der Waals surface area (Å²) >= 11 is 0. The third-order valence-corrected chi connectivity index (χ3v) is 5.63. The lowest BCUT2D eigenvalue weighted by molar-refractivity contribution is 0.0301. The number of fused-ring (bicyclic) bond motifs is 3. The summed E-state index contributed by atoms with van der Waals surface area (Å²) in [6.07, 6.45) is 14.2. The van der Waals surface area contributed by atoms with Gasteiger partial charge in [0, 0.05) is 18.3 Å². The van der Waals surface area contributed by atoms with Crippen LogP contribution in [0.25, 0.3) is 17.8 Å². The van der Waals surface area contributed by atoms with E-state index in [2.05, 4.69) is 65.1 Å². The number of hydrogen-bond acceptors (Lipinski definition) is 3. The van der Waals surface area contributed by atoms with E-state index in [1.807, 2.05) is 0 Å². The number of benzene rings is 1. The normalized spacial score (nSPS) is 28.3. The molecule has 26 heavy (non-hydrogen) atoms. The molecule has 134 valence electrons. The van der Waals surface area contributed by atoms with Crippen LogP contribution in [0.5, 0.6) is 0 Å². The zero-order valence-corrected chi connectivity index (χ0v) is 15.3. The molecule has 5 rings (SSSR count). The Hall–Kier alpha value is -2.33. The fourth-order valence-corrected chi connectivity index (χ4v) is 4.27. The average Bonchev–Trinajstić information content (AvgIpc) is 3.14. The largest absolute Gasteiger partial charge is 0.371 e. The second kappa shape index (κ2) is 6.44. The molecule has 0 radical (unpaired) electrons. The van der Waals surface area contributed by atoms with E-state index in [-0.39, 0.29) is 0 Å². The first-order chi connectivity index (χ1) is 12.8. The van der Waals surface area contributed by atoms with E-state index >= 15 is 0 Å². The Kier molecular flexibility index (Phi) is 3.93. The summed E-state index contributed by atoms with van der Waals surface area (Å²) in [5.74, 6) is 1.10. The third kappa shape index (κ3) is 2.78. The maximum Gasteiger partial charge on any atom is 0.159 e. The van der Waals surface area contributed by atoms with Crippen LogP contribution in [0.4, 0.5) is 5.82 Å². The van der Waals surface area contributed by atoms with Crippen molar-refractivity contribution in [3.63, 3.8) is 0 Å². The van der Waals surface area contributed by atoms with Gasteiger partial charge in [0.1, 0.15) is 0 Å². The van der Waals surface area contributed by atoms with E-state index in [0.717, 1.165) is 37.4 Å². The van der Waals surface area contributed by atoms with Crippen LogP contribution >= 0.6 is 0 Å². The number of morpholine rings is 1. The Morgan fingerprint density at radius 1 is 1.04 bits per heavy atom. The number of rotatable bonds is 2. The van der Waals surface area contributed by atoms with Gasteiger partial charge in [-0.3, -0.25) is 0 Å². The van der Waals surface area contributed by atoms with Crippen molar-refractivity contribution in [3.05, 3.63) is 52.5 Å². The number of anilines is 1. The van der Waals surface area contributed by atoms with Gasteiger partial charge < -0.3 is 9.64 Å². The quantitative estimate of drug-likeness (QED) is 0.836. The van der Waals surface area contributed by atoms with Gasteiger partial charge in [-0.25, -0.2) is 4.68 Å². The molecular formula is C22H25N3O. The molecule has 3 heterocycles. The first-order valence-electron chi connectivity index (χ1n) is 9.71. The molecule has 0 spiro atoms. The highest BCUT2D eigenvalue weighted by atomic mass is 16.5. The summed E-state index contributed by atoms with van der Waals surface area (Å²) in [5, 5.41) is 7.54. The highest BCUT2D eigenvalue weighted by molar-refractivity contribution is 5.54. The molecule has 1 aromatic carbocycles. The minimum atomic E-state index is 0.363. The van der Waals surface area contributed by atoms with Gasteiger partial charge >= 0.3 is 0 Å². The molecule has 2 aromatic rings. The average molecular weight is 347 g/mol. The molecule has 3 aliphatic rings. The van der Waals surface area contributed by atoms with Crippen molar-refractivity contribution in [2.45, 2.75) is 44.8 Å². The predicted molar refractivity (Wildman–Crippen MR) is 105 cm³/mol. The molecule has 4 nitrogen and oxygen atoms in total. The Morgan fingerprint density at radius 3 is 2.58 bits per heavy atom. The number of hydrogen-bond donors (Lipinski definition) is 0. The van der Waals surface area contributed by atoms with Crippen LogP contribution in [-0.2, 0) is 4.74 Å². The second-order valence-corrected chi connectivity index (χ2v) is 7.61. The van der Waals surface area contributed by atoms with Crippen LogP contribution < -0.4 is 15.5 Å². The van der Waals surface area contributed by atoms with Crippen LogP contribution in [0.1, 0.15) is 31.2 Å². The lowest BCUT2D eigenvalue weighted by atomic mass is 10.2. The fraction of sp³-hybridized carbons (Fsp3) is 0.409. The Balaban J connectivity index is 1.67. The van der Waals surface area contributed by atoms with Gasteiger partial charge in [0.05, 0.1) is 23.2 Å². The highest BCUT2D eigenvalue weighted by Crippen LogP contribution is 2.27. The van der Waals surface area contributed by atoms with Gasteiger partial charge in [0.2, 0.25) is 0 Å². The third-order valence-electron chi connectivity index (χ3n) is 5.63. The first-order valence-corrected chi connectivity index (χ1v) is 9.71. The number of ether oxygens (including phenoxy) is 1. The van der Waals surface area contributed by atoms with Crippen LogP contribution in [0.15, 0.2) is 36.4 Å². The zero-order chi connectivity index (χ0) is 17.5. The highest BCUT2D eigenvalue weighted by Gasteiger charge is 2.35. The predicted octanol–water partition coefficient (Wildman–Crippen LogP) is 2.46. The van der Waals surface area contributed by atoms with E-state index in [4.69, 9.17) is 9.84 Å². The van der Waals surface area contributed by atoms with Gasteiger partial charge in [-0.15, -0.1) is 5.10 Å². The number of aryl methyl sites for hydroxylation is 1. The molecule has 2 aliphatic heterocycles. The standard InChI is InChI=1S/C22H25N3O/c1-16-8-10-17(11-9-16)25-21-7-5-3-2-4-6-20(21)22(23-25)24-14-18-12-13-19(15-24)26-18/h2,4,6-11,18-19H,3,5,12-15H2,1H3/b4-2+,20-6+,21-7+. The molecule has 2 bridgehead atoms. The van der Waals surface area contributed by atoms with E-state index in [9.17, 15) is 0 Å². The molecule has 4 heteroatoms. The van der Waals surface area contributed by atoms with Crippen molar-refractivity contribution in [1.82, 2.24) is 9.78 Å².